The number of piperidine rings is 1. The molecule has 1 unspecified atom stereocenters. The Bertz CT molecular complexity index is 187. The Morgan fingerprint density at radius 2 is 1.80 bits per heavy atom. The molecule has 88 valence electrons. The summed E-state index contributed by atoms with van der Waals surface area (Å²) in [5.74, 6) is 0. The van der Waals surface area contributed by atoms with Crippen LogP contribution in [0.1, 0.15) is 32.6 Å². The second-order valence-corrected chi connectivity index (χ2v) is 5.21. The molecule has 0 aromatic rings. The van der Waals surface area contributed by atoms with Crippen molar-refractivity contribution in [3.8, 4) is 0 Å². The van der Waals surface area contributed by atoms with Crippen LogP contribution in [0.4, 0.5) is 0 Å². The van der Waals surface area contributed by atoms with E-state index in [0.717, 1.165) is 6.04 Å². The third-order valence-corrected chi connectivity index (χ3v) is 4.03. The van der Waals surface area contributed by atoms with Gasteiger partial charge in [0.05, 0.1) is 0 Å². The van der Waals surface area contributed by atoms with Crippen LogP contribution in [0.3, 0.4) is 0 Å². The monoisotopic (exact) mass is 211 g/mol. The number of hydrogen-bond acceptors (Lipinski definition) is 3. The van der Waals surface area contributed by atoms with Gasteiger partial charge in [0.1, 0.15) is 0 Å². The third-order valence-electron chi connectivity index (χ3n) is 4.03. The van der Waals surface area contributed by atoms with Crippen molar-refractivity contribution in [1.29, 1.82) is 0 Å². The average molecular weight is 211 g/mol. The van der Waals surface area contributed by atoms with E-state index in [0.29, 0.717) is 6.04 Å². The maximum Gasteiger partial charge on any atom is 0.0112 e. The van der Waals surface area contributed by atoms with Crippen LogP contribution in [0.15, 0.2) is 0 Å². The van der Waals surface area contributed by atoms with Gasteiger partial charge in [0.15, 0.2) is 0 Å². The molecule has 15 heavy (non-hydrogen) atoms. The van der Waals surface area contributed by atoms with Gasteiger partial charge in [0.25, 0.3) is 0 Å². The van der Waals surface area contributed by atoms with Crippen LogP contribution in [-0.4, -0.2) is 54.6 Å². The molecule has 0 radical (unpaired) electrons. The molecule has 2 aliphatic rings. The van der Waals surface area contributed by atoms with Gasteiger partial charge in [-0.25, -0.2) is 0 Å². The van der Waals surface area contributed by atoms with E-state index >= 15 is 0 Å². The Morgan fingerprint density at radius 3 is 2.40 bits per heavy atom. The molecular weight excluding hydrogens is 186 g/mol. The first-order chi connectivity index (χ1) is 7.25. The Kier molecular flexibility index (Phi) is 4.00. The fourth-order valence-electron chi connectivity index (χ4n) is 2.77. The highest BCUT2D eigenvalue weighted by Crippen LogP contribution is 2.16. The first-order valence-corrected chi connectivity index (χ1v) is 6.47. The average Bonchev–Trinajstić information content (AvgIpc) is 2.63. The molecule has 0 spiro atoms. The molecule has 0 amide bonds. The van der Waals surface area contributed by atoms with Crippen molar-refractivity contribution in [1.82, 2.24) is 9.80 Å². The zero-order valence-corrected chi connectivity index (χ0v) is 9.99. The van der Waals surface area contributed by atoms with Crippen molar-refractivity contribution in [3.05, 3.63) is 0 Å². The maximum absolute atomic E-state index is 5.90. The van der Waals surface area contributed by atoms with Crippen LogP contribution < -0.4 is 5.73 Å². The molecule has 1 atom stereocenters. The summed E-state index contributed by atoms with van der Waals surface area (Å²) in [4.78, 5) is 5.21. The molecule has 0 saturated carbocycles. The Labute approximate surface area is 93.6 Å². The number of hydrogen-bond donors (Lipinski definition) is 1. The fourth-order valence-corrected chi connectivity index (χ4v) is 2.77. The zero-order chi connectivity index (χ0) is 10.7. The largest absolute Gasteiger partial charge is 0.328 e. The van der Waals surface area contributed by atoms with Crippen LogP contribution in [0, 0.1) is 0 Å². The Morgan fingerprint density at radius 1 is 1.07 bits per heavy atom. The molecular formula is C12H25N3. The van der Waals surface area contributed by atoms with Crippen molar-refractivity contribution >= 4 is 0 Å². The first-order valence-electron chi connectivity index (χ1n) is 6.47. The fraction of sp³-hybridized carbons (Fsp3) is 1.00. The standard InChI is InChI=1S/C12H25N3/c1-11-3-2-6-15(11)10-9-14-7-4-12(13)5-8-14/h11-12H,2-10,13H2,1H3. The SMILES string of the molecule is CC1CCCN1CCN1CCC(N)CC1. The quantitative estimate of drug-likeness (QED) is 0.752. The molecule has 2 aliphatic heterocycles. The van der Waals surface area contributed by atoms with E-state index in [9.17, 15) is 0 Å². The molecule has 0 bridgehead atoms. The molecule has 3 nitrogen and oxygen atoms in total. The molecule has 0 aliphatic carbocycles. The summed E-state index contributed by atoms with van der Waals surface area (Å²) in [6.07, 6.45) is 5.17. The number of nitrogens with zero attached hydrogens (tertiary/aromatic N) is 2. The van der Waals surface area contributed by atoms with E-state index in [4.69, 9.17) is 5.73 Å². The molecule has 2 fully saturated rings. The normalized spacial score (nSPS) is 31.2. The van der Waals surface area contributed by atoms with Crippen molar-refractivity contribution < 1.29 is 0 Å². The smallest absolute Gasteiger partial charge is 0.0112 e. The second kappa shape index (κ2) is 5.28. The van der Waals surface area contributed by atoms with Gasteiger partial charge in [-0.15, -0.1) is 0 Å². The van der Waals surface area contributed by atoms with Gasteiger partial charge in [-0.05, 0) is 52.2 Å². The summed E-state index contributed by atoms with van der Waals surface area (Å²) in [6, 6.07) is 1.28. The van der Waals surface area contributed by atoms with Crippen molar-refractivity contribution in [2.24, 2.45) is 5.73 Å². The summed E-state index contributed by atoms with van der Waals surface area (Å²) in [7, 11) is 0. The molecule has 0 aromatic heterocycles. The van der Waals surface area contributed by atoms with E-state index in [2.05, 4.69) is 16.7 Å². The van der Waals surface area contributed by atoms with Gasteiger partial charge in [-0.1, -0.05) is 0 Å². The molecule has 2 N–H and O–H groups in total. The van der Waals surface area contributed by atoms with Crippen molar-refractivity contribution in [3.63, 3.8) is 0 Å². The molecule has 2 saturated heterocycles. The summed E-state index contributed by atoms with van der Waals surface area (Å²) in [5.41, 5.74) is 5.90. The van der Waals surface area contributed by atoms with Gasteiger partial charge in [-0.2, -0.15) is 0 Å². The van der Waals surface area contributed by atoms with Crippen molar-refractivity contribution in [2.45, 2.75) is 44.7 Å². The summed E-state index contributed by atoms with van der Waals surface area (Å²) >= 11 is 0. The minimum atomic E-state index is 0.465. The lowest BCUT2D eigenvalue weighted by Gasteiger charge is -2.32. The van der Waals surface area contributed by atoms with Crippen LogP contribution in [0.25, 0.3) is 0 Å². The minimum absolute atomic E-state index is 0.465. The van der Waals surface area contributed by atoms with Crippen molar-refractivity contribution in [2.75, 3.05) is 32.7 Å². The van der Waals surface area contributed by atoms with E-state index in [-0.39, 0.29) is 0 Å². The molecule has 0 aromatic carbocycles. The predicted octanol–water partition coefficient (Wildman–Crippen LogP) is 0.894. The highest BCUT2D eigenvalue weighted by molar-refractivity contribution is 4.78. The second-order valence-electron chi connectivity index (χ2n) is 5.21. The van der Waals surface area contributed by atoms with Gasteiger partial charge in [0.2, 0.25) is 0 Å². The Balaban J connectivity index is 1.65. The van der Waals surface area contributed by atoms with E-state index in [1.165, 1.54) is 58.4 Å². The molecule has 2 heterocycles. The van der Waals surface area contributed by atoms with Gasteiger partial charge in [-0.3, -0.25) is 4.90 Å². The number of nitrogens with two attached hydrogens (primary N) is 1. The first kappa shape index (κ1) is 11.4. The van der Waals surface area contributed by atoms with Crippen LogP contribution in [0.5, 0.6) is 0 Å². The molecule has 3 heteroatoms. The summed E-state index contributed by atoms with van der Waals surface area (Å²) in [6.45, 7) is 8.61. The number of likely N-dealkylation sites (tertiary alicyclic amines) is 2. The highest BCUT2D eigenvalue weighted by Gasteiger charge is 2.21. The van der Waals surface area contributed by atoms with E-state index in [1.54, 1.807) is 0 Å². The lowest BCUT2D eigenvalue weighted by molar-refractivity contribution is 0.171. The topological polar surface area (TPSA) is 32.5 Å². The Hall–Kier alpha value is -0.120. The van der Waals surface area contributed by atoms with E-state index in [1.807, 2.05) is 0 Å². The van der Waals surface area contributed by atoms with Crippen LogP contribution in [0.2, 0.25) is 0 Å². The summed E-state index contributed by atoms with van der Waals surface area (Å²) < 4.78 is 0. The summed E-state index contributed by atoms with van der Waals surface area (Å²) in [5, 5.41) is 0. The van der Waals surface area contributed by atoms with Crippen LogP contribution >= 0.6 is 0 Å². The third kappa shape index (κ3) is 3.16. The molecule has 2 rings (SSSR count). The number of rotatable bonds is 3. The lowest BCUT2D eigenvalue weighted by Crippen LogP contribution is -2.43. The predicted molar refractivity (Wildman–Crippen MR) is 63.9 cm³/mol. The van der Waals surface area contributed by atoms with Gasteiger partial charge >= 0.3 is 0 Å². The lowest BCUT2D eigenvalue weighted by atomic mass is 10.1. The van der Waals surface area contributed by atoms with Gasteiger partial charge in [0, 0.05) is 25.2 Å². The van der Waals surface area contributed by atoms with E-state index < -0.39 is 0 Å². The van der Waals surface area contributed by atoms with Gasteiger partial charge < -0.3 is 10.6 Å². The van der Waals surface area contributed by atoms with Crippen LogP contribution in [-0.2, 0) is 0 Å². The minimum Gasteiger partial charge on any atom is -0.328 e. The zero-order valence-electron chi connectivity index (χ0n) is 9.99. The highest BCUT2D eigenvalue weighted by atomic mass is 15.2. The maximum atomic E-state index is 5.90.